The summed E-state index contributed by atoms with van der Waals surface area (Å²) in [5, 5.41) is 0. The molecule has 1 aliphatic heterocycles. The summed E-state index contributed by atoms with van der Waals surface area (Å²) >= 11 is 0. The van der Waals surface area contributed by atoms with E-state index in [9.17, 15) is 0 Å². The maximum absolute atomic E-state index is 4.22. The van der Waals surface area contributed by atoms with E-state index in [0.717, 1.165) is 25.6 Å². The quantitative estimate of drug-likeness (QED) is 0.681. The number of hydrogen-bond acceptors (Lipinski definition) is 3. The van der Waals surface area contributed by atoms with Crippen molar-refractivity contribution in [2.75, 3.05) is 33.2 Å². The Bertz CT molecular complexity index is 286. The van der Waals surface area contributed by atoms with Gasteiger partial charge in [-0.3, -0.25) is 4.90 Å². The zero-order chi connectivity index (χ0) is 9.97. The van der Waals surface area contributed by atoms with Gasteiger partial charge in [-0.2, -0.15) is 0 Å². The molecule has 4 heteroatoms. The minimum Gasteiger partial charge on any atom is -0.322 e. The van der Waals surface area contributed by atoms with Gasteiger partial charge in [0.05, 0.1) is 6.67 Å². The summed E-state index contributed by atoms with van der Waals surface area (Å²) in [7, 11) is 2.18. The highest BCUT2D eigenvalue weighted by Gasteiger charge is 2.13. The van der Waals surface area contributed by atoms with E-state index in [1.54, 1.807) is 0 Å². The largest absolute Gasteiger partial charge is 0.322 e. The van der Waals surface area contributed by atoms with Gasteiger partial charge in [0.25, 0.3) is 0 Å². The minimum absolute atomic E-state index is 0.986. The standard InChI is InChI=1S/C10H18N4/c1-10-11-3-4-14(10)9-13-7-5-12(2)6-8-13/h3-4H,5-9H2,1-2H3. The van der Waals surface area contributed by atoms with Crippen LogP contribution in [0.25, 0.3) is 0 Å². The molecule has 0 spiro atoms. The fourth-order valence-corrected chi connectivity index (χ4v) is 1.76. The summed E-state index contributed by atoms with van der Waals surface area (Å²) in [6, 6.07) is 0. The molecule has 0 unspecified atom stereocenters. The normalized spacial score (nSPS) is 20.1. The van der Waals surface area contributed by atoms with Crippen LogP contribution < -0.4 is 0 Å². The van der Waals surface area contributed by atoms with Gasteiger partial charge in [0.1, 0.15) is 5.82 Å². The lowest BCUT2D eigenvalue weighted by Crippen LogP contribution is -2.44. The van der Waals surface area contributed by atoms with E-state index in [4.69, 9.17) is 0 Å². The van der Waals surface area contributed by atoms with Crippen molar-refractivity contribution >= 4 is 0 Å². The van der Waals surface area contributed by atoms with Crippen molar-refractivity contribution in [3.05, 3.63) is 18.2 Å². The number of imidazole rings is 1. The SMILES string of the molecule is Cc1nccn1CN1CCN(C)CC1. The second-order valence-corrected chi connectivity index (χ2v) is 4.01. The van der Waals surface area contributed by atoms with Crippen LogP contribution in [-0.2, 0) is 6.67 Å². The molecule has 0 radical (unpaired) electrons. The molecule has 1 saturated heterocycles. The predicted octanol–water partition coefficient (Wildman–Crippen LogP) is 0.396. The summed E-state index contributed by atoms with van der Waals surface area (Å²) in [4.78, 5) is 9.06. The van der Waals surface area contributed by atoms with E-state index in [1.165, 1.54) is 13.1 Å². The number of piperazine rings is 1. The van der Waals surface area contributed by atoms with E-state index >= 15 is 0 Å². The van der Waals surface area contributed by atoms with E-state index < -0.39 is 0 Å². The van der Waals surface area contributed by atoms with Crippen LogP contribution in [0, 0.1) is 6.92 Å². The summed E-state index contributed by atoms with van der Waals surface area (Å²) < 4.78 is 2.20. The Kier molecular flexibility index (Phi) is 2.84. The monoisotopic (exact) mass is 194 g/mol. The van der Waals surface area contributed by atoms with Crippen LogP contribution in [0.1, 0.15) is 5.82 Å². The fourth-order valence-electron chi connectivity index (χ4n) is 1.76. The van der Waals surface area contributed by atoms with Crippen LogP contribution in [0.2, 0.25) is 0 Å². The van der Waals surface area contributed by atoms with E-state index in [1.807, 2.05) is 12.4 Å². The van der Waals surface area contributed by atoms with Gasteiger partial charge < -0.3 is 9.47 Å². The molecule has 78 valence electrons. The molecule has 0 aliphatic carbocycles. The van der Waals surface area contributed by atoms with Crippen molar-refractivity contribution in [1.29, 1.82) is 0 Å². The molecular weight excluding hydrogens is 176 g/mol. The molecule has 0 bridgehead atoms. The van der Waals surface area contributed by atoms with Crippen molar-refractivity contribution in [1.82, 2.24) is 19.4 Å². The van der Waals surface area contributed by atoms with Crippen molar-refractivity contribution in [2.24, 2.45) is 0 Å². The minimum atomic E-state index is 0.986. The molecule has 0 aromatic carbocycles. The summed E-state index contributed by atoms with van der Waals surface area (Å²) in [6.07, 6.45) is 3.92. The van der Waals surface area contributed by atoms with Crippen molar-refractivity contribution in [3.63, 3.8) is 0 Å². The zero-order valence-electron chi connectivity index (χ0n) is 8.98. The molecule has 1 fully saturated rings. The molecule has 2 rings (SSSR count). The Hall–Kier alpha value is -0.870. The van der Waals surface area contributed by atoms with Gasteiger partial charge in [0, 0.05) is 38.6 Å². The topological polar surface area (TPSA) is 24.3 Å². The first-order chi connectivity index (χ1) is 6.75. The van der Waals surface area contributed by atoms with Crippen LogP contribution in [-0.4, -0.2) is 52.6 Å². The second-order valence-electron chi connectivity index (χ2n) is 4.01. The number of nitrogens with zero attached hydrogens (tertiary/aromatic N) is 4. The van der Waals surface area contributed by atoms with Gasteiger partial charge in [0.2, 0.25) is 0 Å². The number of hydrogen-bond donors (Lipinski definition) is 0. The third kappa shape index (κ3) is 2.13. The zero-order valence-corrected chi connectivity index (χ0v) is 8.98. The average molecular weight is 194 g/mol. The lowest BCUT2D eigenvalue weighted by molar-refractivity contribution is 0.124. The van der Waals surface area contributed by atoms with Crippen LogP contribution in [0.4, 0.5) is 0 Å². The van der Waals surface area contributed by atoms with Gasteiger partial charge in [-0.05, 0) is 14.0 Å². The highest BCUT2D eigenvalue weighted by molar-refractivity contribution is 4.88. The van der Waals surface area contributed by atoms with Crippen LogP contribution in [0.15, 0.2) is 12.4 Å². The Morgan fingerprint density at radius 2 is 2.00 bits per heavy atom. The number of aromatic nitrogens is 2. The predicted molar refractivity (Wildman–Crippen MR) is 56.0 cm³/mol. The molecule has 1 aromatic heterocycles. The molecule has 2 heterocycles. The number of likely N-dealkylation sites (N-methyl/N-ethyl adjacent to an activating group) is 1. The van der Waals surface area contributed by atoms with E-state index in [-0.39, 0.29) is 0 Å². The maximum Gasteiger partial charge on any atom is 0.106 e. The smallest absolute Gasteiger partial charge is 0.106 e. The van der Waals surface area contributed by atoms with Crippen LogP contribution >= 0.6 is 0 Å². The third-order valence-electron chi connectivity index (χ3n) is 2.87. The van der Waals surface area contributed by atoms with E-state index in [2.05, 4.69) is 33.3 Å². The lowest BCUT2D eigenvalue weighted by Gasteiger charge is -2.32. The van der Waals surface area contributed by atoms with Crippen LogP contribution in [0.3, 0.4) is 0 Å². The highest BCUT2D eigenvalue weighted by atomic mass is 15.3. The Labute approximate surface area is 85.1 Å². The van der Waals surface area contributed by atoms with Crippen molar-refractivity contribution < 1.29 is 0 Å². The summed E-state index contributed by atoms with van der Waals surface area (Å²) in [5.41, 5.74) is 0. The van der Waals surface area contributed by atoms with Crippen molar-refractivity contribution in [3.8, 4) is 0 Å². The maximum atomic E-state index is 4.22. The Morgan fingerprint density at radius 3 is 2.57 bits per heavy atom. The average Bonchev–Trinajstić information content (AvgIpc) is 2.56. The van der Waals surface area contributed by atoms with Gasteiger partial charge in [-0.1, -0.05) is 0 Å². The molecule has 0 saturated carbocycles. The Morgan fingerprint density at radius 1 is 1.29 bits per heavy atom. The first-order valence-corrected chi connectivity index (χ1v) is 5.14. The van der Waals surface area contributed by atoms with Crippen LogP contribution in [0.5, 0.6) is 0 Å². The first-order valence-electron chi connectivity index (χ1n) is 5.14. The molecular formula is C10H18N4. The molecule has 0 atom stereocenters. The van der Waals surface area contributed by atoms with E-state index in [0.29, 0.717) is 0 Å². The first kappa shape index (κ1) is 9.68. The molecule has 1 aliphatic rings. The Balaban J connectivity index is 1.89. The fraction of sp³-hybridized carbons (Fsp3) is 0.700. The number of rotatable bonds is 2. The number of aryl methyl sites for hydroxylation is 1. The molecule has 4 nitrogen and oxygen atoms in total. The molecule has 1 aromatic rings. The van der Waals surface area contributed by atoms with Gasteiger partial charge in [-0.25, -0.2) is 4.98 Å². The van der Waals surface area contributed by atoms with Gasteiger partial charge in [-0.15, -0.1) is 0 Å². The molecule has 14 heavy (non-hydrogen) atoms. The van der Waals surface area contributed by atoms with Crippen molar-refractivity contribution in [2.45, 2.75) is 13.6 Å². The van der Waals surface area contributed by atoms with Gasteiger partial charge >= 0.3 is 0 Å². The molecule has 0 amide bonds. The molecule has 0 N–H and O–H groups in total. The summed E-state index contributed by atoms with van der Waals surface area (Å²) in [5.74, 6) is 1.10. The third-order valence-corrected chi connectivity index (χ3v) is 2.87. The second kappa shape index (κ2) is 4.11. The van der Waals surface area contributed by atoms with Gasteiger partial charge in [0.15, 0.2) is 0 Å². The highest BCUT2D eigenvalue weighted by Crippen LogP contribution is 2.03. The summed E-state index contributed by atoms with van der Waals surface area (Å²) in [6.45, 7) is 7.71. The lowest BCUT2D eigenvalue weighted by atomic mass is 10.3.